The summed E-state index contributed by atoms with van der Waals surface area (Å²) in [5.41, 5.74) is 4.78. The second-order valence-corrected chi connectivity index (χ2v) is 8.08. The number of aryl methyl sites for hydroxylation is 1. The molecular weight excluding hydrogens is 389 g/mol. The fourth-order valence-corrected chi connectivity index (χ4v) is 3.89. The molecule has 31 heavy (non-hydrogen) atoms. The number of carbonyl (C=O) groups is 1. The fourth-order valence-electron chi connectivity index (χ4n) is 3.89. The van der Waals surface area contributed by atoms with Crippen LogP contribution in [0.3, 0.4) is 0 Å². The van der Waals surface area contributed by atoms with E-state index >= 15 is 0 Å². The molecule has 3 aromatic rings. The highest BCUT2D eigenvalue weighted by molar-refractivity contribution is 6.03. The van der Waals surface area contributed by atoms with Crippen LogP contribution in [0.15, 0.2) is 84.0 Å². The molecular formula is C26H26FN3O. The van der Waals surface area contributed by atoms with Crippen LogP contribution in [0, 0.1) is 12.7 Å². The molecule has 4 nitrogen and oxygen atoms in total. The topological polar surface area (TPSA) is 35.9 Å². The molecule has 0 fully saturated rings. The van der Waals surface area contributed by atoms with Crippen molar-refractivity contribution in [3.63, 3.8) is 0 Å². The van der Waals surface area contributed by atoms with Gasteiger partial charge in [-0.2, -0.15) is 5.10 Å². The van der Waals surface area contributed by atoms with E-state index in [4.69, 9.17) is 0 Å². The molecule has 0 saturated carbocycles. The maximum atomic E-state index is 13.8. The normalized spacial score (nSPS) is 15.9. The third-order valence-corrected chi connectivity index (χ3v) is 5.49. The van der Waals surface area contributed by atoms with Gasteiger partial charge >= 0.3 is 0 Å². The van der Waals surface area contributed by atoms with E-state index in [1.165, 1.54) is 12.1 Å². The summed E-state index contributed by atoms with van der Waals surface area (Å²) < 4.78 is 13.8. The van der Waals surface area contributed by atoms with Gasteiger partial charge < -0.3 is 0 Å². The van der Waals surface area contributed by atoms with E-state index in [0.29, 0.717) is 18.5 Å². The van der Waals surface area contributed by atoms with Gasteiger partial charge in [-0.3, -0.25) is 9.69 Å². The van der Waals surface area contributed by atoms with Crippen LogP contribution >= 0.6 is 0 Å². The van der Waals surface area contributed by atoms with E-state index in [-0.39, 0.29) is 24.3 Å². The molecule has 1 heterocycles. The van der Waals surface area contributed by atoms with E-state index in [0.717, 1.165) is 22.4 Å². The summed E-state index contributed by atoms with van der Waals surface area (Å²) in [4.78, 5) is 15.2. The number of amides is 1. The highest BCUT2D eigenvalue weighted by atomic mass is 19.1. The Hall–Kier alpha value is -3.31. The van der Waals surface area contributed by atoms with Gasteiger partial charge in [0, 0.05) is 18.5 Å². The van der Waals surface area contributed by atoms with Crippen LogP contribution in [-0.2, 0) is 11.3 Å². The third-order valence-electron chi connectivity index (χ3n) is 5.49. The Balaban J connectivity index is 1.56. The maximum Gasteiger partial charge on any atom is 0.257 e. The lowest BCUT2D eigenvalue weighted by Crippen LogP contribution is -2.36. The van der Waals surface area contributed by atoms with Crippen molar-refractivity contribution in [3.05, 3.63) is 107 Å². The largest absolute Gasteiger partial charge is 0.293 e. The molecule has 0 N–H and O–H groups in total. The van der Waals surface area contributed by atoms with Gasteiger partial charge in [0.05, 0.1) is 18.3 Å². The van der Waals surface area contributed by atoms with Crippen LogP contribution < -0.4 is 0 Å². The lowest BCUT2D eigenvalue weighted by Gasteiger charge is -2.25. The summed E-state index contributed by atoms with van der Waals surface area (Å²) in [6.07, 6.45) is 0.556. The monoisotopic (exact) mass is 415 g/mol. The van der Waals surface area contributed by atoms with Crippen molar-refractivity contribution in [2.75, 3.05) is 13.6 Å². The van der Waals surface area contributed by atoms with E-state index in [9.17, 15) is 9.18 Å². The van der Waals surface area contributed by atoms with Crippen molar-refractivity contribution in [1.82, 2.24) is 9.91 Å². The minimum Gasteiger partial charge on any atom is -0.293 e. The Bertz CT molecular complexity index is 1080. The summed E-state index contributed by atoms with van der Waals surface area (Å²) in [5, 5.41) is 6.22. The molecule has 4 rings (SSSR count). The Labute approximate surface area is 182 Å². The van der Waals surface area contributed by atoms with Crippen molar-refractivity contribution in [2.24, 2.45) is 5.10 Å². The molecule has 0 aromatic heterocycles. The standard InChI is InChI=1S/C26H26FN3O/c1-19-11-13-21(14-12-19)25-16-24(22-9-6-10-23(27)15-22)28-30(25)26(31)18-29(2)17-20-7-4-3-5-8-20/h3-15,25H,16-18H2,1-2H3/t25-/m1/s1. The van der Waals surface area contributed by atoms with Crippen LogP contribution in [0.4, 0.5) is 4.39 Å². The summed E-state index contributed by atoms with van der Waals surface area (Å²) in [5.74, 6) is -0.380. The number of benzene rings is 3. The predicted octanol–water partition coefficient (Wildman–Crippen LogP) is 4.94. The molecule has 0 bridgehead atoms. The lowest BCUT2D eigenvalue weighted by molar-refractivity contribution is -0.134. The average Bonchev–Trinajstić information content (AvgIpc) is 3.21. The van der Waals surface area contributed by atoms with Crippen LogP contribution in [0.5, 0.6) is 0 Å². The second-order valence-electron chi connectivity index (χ2n) is 8.08. The molecule has 5 heteroatoms. The van der Waals surface area contributed by atoms with Gasteiger partial charge in [-0.15, -0.1) is 0 Å². The minimum atomic E-state index is -0.306. The number of hydrazone groups is 1. The quantitative estimate of drug-likeness (QED) is 0.571. The Kier molecular flexibility index (Phi) is 6.23. The van der Waals surface area contributed by atoms with Gasteiger partial charge in [-0.25, -0.2) is 9.40 Å². The molecule has 1 aliphatic rings. The first-order valence-electron chi connectivity index (χ1n) is 10.4. The second kappa shape index (κ2) is 9.23. The number of carbonyl (C=O) groups excluding carboxylic acids is 1. The summed E-state index contributed by atoms with van der Waals surface area (Å²) in [6, 6.07) is 24.4. The molecule has 0 saturated heterocycles. The molecule has 158 valence electrons. The molecule has 3 aromatic carbocycles. The highest BCUT2D eigenvalue weighted by Gasteiger charge is 2.33. The van der Waals surface area contributed by atoms with Crippen molar-refractivity contribution in [1.29, 1.82) is 0 Å². The number of rotatable bonds is 6. The van der Waals surface area contributed by atoms with Gasteiger partial charge in [0.2, 0.25) is 0 Å². The minimum absolute atomic E-state index is 0.0737. The lowest BCUT2D eigenvalue weighted by atomic mass is 9.97. The molecule has 1 atom stereocenters. The van der Waals surface area contributed by atoms with Gasteiger partial charge in [0.15, 0.2) is 0 Å². The number of hydrogen-bond acceptors (Lipinski definition) is 3. The van der Waals surface area contributed by atoms with E-state index < -0.39 is 0 Å². The number of hydrogen-bond donors (Lipinski definition) is 0. The van der Waals surface area contributed by atoms with Gasteiger partial charge in [0.1, 0.15) is 5.82 Å². The first kappa shape index (κ1) is 20.9. The van der Waals surface area contributed by atoms with Gasteiger partial charge in [-0.1, -0.05) is 72.3 Å². The Morgan fingerprint density at radius 2 is 1.81 bits per heavy atom. The molecule has 0 aliphatic carbocycles. The van der Waals surface area contributed by atoms with Crippen molar-refractivity contribution in [3.8, 4) is 0 Å². The number of nitrogens with zero attached hydrogens (tertiary/aromatic N) is 3. The van der Waals surface area contributed by atoms with E-state index in [1.807, 2.05) is 79.5 Å². The summed E-state index contributed by atoms with van der Waals surface area (Å²) in [7, 11) is 1.93. The fraction of sp³-hybridized carbons (Fsp3) is 0.231. The summed E-state index contributed by atoms with van der Waals surface area (Å²) >= 11 is 0. The molecule has 1 amide bonds. The summed E-state index contributed by atoms with van der Waals surface area (Å²) in [6.45, 7) is 2.96. The maximum absolute atomic E-state index is 13.8. The van der Waals surface area contributed by atoms with E-state index in [1.54, 1.807) is 11.1 Å². The zero-order chi connectivity index (χ0) is 21.8. The first-order valence-corrected chi connectivity index (χ1v) is 10.4. The average molecular weight is 416 g/mol. The van der Waals surface area contributed by atoms with E-state index in [2.05, 4.69) is 5.10 Å². The number of halogens is 1. The van der Waals surface area contributed by atoms with Crippen molar-refractivity contribution in [2.45, 2.75) is 25.9 Å². The van der Waals surface area contributed by atoms with Crippen molar-refractivity contribution < 1.29 is 9.18 Å². The SMILES string of the molecule is Cc1ccc([C@H]2CC(c3cccc(F)c3)=NN2C(=O)CN(C)Cc2ccccc2)cc1. The predicted molar refractivity (Wildman–Crippen MR) is 121 cm³/mol. The zero-order valence-corrected chi connectivity index (χ0v) is 17.8. The van der Waals surface area contributed by atoms with Crippen LogP contribution in [-0.4, -0.2) is 35.1 Å². The molecule has 0 unspecified atom stereocenters. The van der Waals surface area contributed by atoms with Gasteiger partial charge in [0.25, 0.3) is 5.91 Å². The van der Waals surface area contributed by atoms with Crippen LogP contribution in [0.25, 0.3) is 0 Å². The van der Waals surface area contributed by atoms with Crippen molar-refractivity contribution >= 4 is 11.6 Å². The first-order chi connectivity index (χ1) is 15.0. The third kappa shape index (κ3) is 5.06. The Morgan fingerprint density at radius 3 is 2.52 bits per heavy atom. The van der Waals surface area contributed by atoms with Gasteiger partial charge in [-0.05, 0) is 37.2 Å². The van der Waals surface area contributed by atoms with Crippen LogP contribution in [0.1, 0.15) is 34.7 Å². The number of likely N-dealkylation sites (N-methyl/N-ethyl adjacent to an activating group) is 1. The highest BCUT2D eigenvalue weighted by Crippen LogP contribution is 2.33. The van der Waals surface area contributed by atoms with Crippen LogP contribution in [0.2, 0.25) is 0 Å². The smallest absolute Gasteiger partial charge is 0.257 e. The molecule has 0 spiro atoms. The molecule has 0 radical (unpaired) electrons. The molecule has 1 aliphatic heterocycles. The zero-order valence-electron chi connectivity index (χ0n) is 17.8. The Morgan fingerprint density at radius 1 is 1.06 bits per heavy atom.